The van der Waals surface area contributed by atoms with Crippen molar-refractivity contribution >= 4 is 6.29 Å². The quantitative estimate of drug-likeness (QED) is 0.556. The van der Waals surface area contributed by atoms with Crippen LogP contribution in [0, 0.1) is 29.1 Å². The first-order valence-electron chi connectivity index (χ1n) is 5.76. The van der Waals surface area contributed by atoms with Crippen LogP contribution < -0.4 is 5.73 Å². The van der Waals surface area contributed by atoms with E-state index in [0.29, 0.717) is 6.04 Å². The Morgan fingerprint density at radius 1 is 1.53 bits per heavy atom. The minimum atomic E-state index is 0.181. The van der Waals surface area contributed by atoms with Crippen molar-refractivity contribution in [3.8, 4) is 6.07 Å². The number of aldehydes is 1. The van der Waals surface area contributed by atoms with Crippen molar-refractivity contribution in [1.29, 1.82) is 5.26 Å². The highest BCUT2D eigenvalue weighted by Gasteiger charge is 2.39. The van der Waals surface area contributed by atoms with Crippen LogP contribution in [0.5, 0.6) is 0 Å². The summed E-state index contributed by atoms with van der Waals surface area (Å²) < 4.78 is 0. The van der Waals surface area contributed by atoms with E-state index in [1.54, 1.807) is 0 Å². The Hall–Kier alpha value is -0.880. The van der Waals surface area contributed by atoms with Gasteiger partial charge in [0.05, 0.1) is 0 Å². The maximum atomic E-state index is 8.81. The largest absolute Gasteiger partial charge is 0.328 e. The summed E-state index contributed by atoms with van der Waals surface area (Å²) in [6.07, 6.45) is 7.49. The molecule has 0 aromatic rings. The van der Waals surface area contributed by atoms with Crippen molar-refractivity contribution in [3.63, 3.8) is 0 Å². The summed E-state index contributed by atoms with van der Waals surface area (Å²) in [5.41, 5.74) is 5.80. The molecule has 0 radical (unpaired) electrons. The van der Waals surface area contributed by atoms with Gasteiger partial charge < -0.3 is 5.73 Å². The van der Waals surface area contributed by atoms with E-state index in [4.69, 9.17) is 15.8 Å². The van der Waals surface area contributed by atoms with Crippen LogP contribution in [-0.2, 0) is 4.79 Å². The van der Waals surface area contributed by atoms with E-state index in [-0.39, 0.29) is 6.29 Å². The molecule has 2 aliphatic carbocycles. The third kappa shape index (κ3) is 3.64. The van der Waals surface area contributed by atoms with E-state index in [0.717, 1.165) is 17.8 Å². The lowest BCUT2D eigenvalue weighted by atomic mass is 9.85. The fourth-order valence-electron chi connectivity index (χ4n) is 3.14. The monoisotopic (exact) mass is 208 g/mol. The van der Waals surface area contributed by atoms with Gasteiger partial charge >= 0.3 is 0 Å². The predicted octanol–water partition coefficient (Wildman–Crippen LogP) is 1.87. The van der Waals surface area contributed by atoms with Gasteiger partial charge in [0.25, 0.3) is 0 Å². The number of fused-ring (bicyclic) bond motifs is 2. The Balaban J connectivity index is 0.000000245. The zero-order valence-electron chi connectivity index (χ0n) is 9.36. The van der Waals surface area contributed by atoms with Crippen LogP contribution in [0.1, 0.15) is 39.0 Å². The molecule has 0 aromatic carbocycles. The molecule has 0 amide bonds. The fourth-order valence-corrected chi connectivity index (χ4v) is 3.14. The van der Waals surface area contributed by atoms with E-state index in [1.807, 2.05) is 0 Å². The first-order chi connectivity index (χ1) is 7.17. The SMILES string of the molecule is CC(N)CC1CC2CCC1C2.N#CC=O. The Morgan fingerprint density at radius 3 is 2.53 bits per heavy atom. The highest BCUT2D eigenvalue weighted by Crippen LogP contribution is 2.49. The van der Waals surface area contributed by atoms with Crippen molar-refractivity contribution in [2.45, 2.75) is 45.1 Å². The average Bonchev–Trinajstić information content (AvgIpc) is 2.78. The zero-order valence-corrected chi connectivity index (χ0v) is 9.36. The van der Waals surface area contributed by atoms with Gasteiger partial charge in [-0.2, -0.15) is 5.26 Å². The number of carbonyl (C=O) groups is 1. The van der Waals surface area contributed by atoms with Crippen molar-refractivity contribution in [3.05, 3.63) is 0 Å². The van der Waals surface area contributed by atoms with Crippen LogP contribution in [0.3, 0.4) is 0 Å². The lowest BCUT2D eigenvalue weighted by molar-refractivity contribution is -0.103. The van der Waals surface area contributed by atoms with E-state index >= 15 is 0 Å². The molecule has 2 fully saturated rings. The molecule has 0 spiro atoms. The Bertz CT molecular complexity index is 244. The lowest BCUT2D eigenvalue weighted by Crippen LogP contribution is -2.22. The third-order valence-electron chi connectivity index (χ3n) is 3.61. The molecule has 0 heterocycles. The van der Waals surface area contributed by atoms with Gasteiger partial charge in [-0.3, -0.25) is 4.79 Å². The van der Waals surface area contributed by atoms with Crippen LogP contribution in [0.25, 0.3) is 0 Å². The van der Waals surface area contributed by atoms with Crippen LogP contribution >= 0.6 is 0 Å². The maximum absolute atomic E-state index is 8.81. The number of carbonyl (C=O) groups excluding carboxylic acids is 1. The van der Waals surface area contributed by atoms with Crippen LogP contribution in [0.2, 0.25) is 0 Å². The molecule has 15 heavy (non-hydrogen) atoms. The molecule has 84 valence electrons. The van der Waals surface area contributed by atoms with Gasteiger partial charge in [-0.05, 0) is 50.4 Å². The molecule has 3 nitrogen and oxygen atoms in total. The molecule has 4 unspecified atom stereocenters. The summed E-state index contributed by atoms with van der Waals surface area (Å²) >= 11 is 0. The van der Waals surface area contributed by atoms with E-state index in [2.05, 4.69) is 6.92 Å². The van der Waals surface area contributed by atoms with Gasteiger partial charge in [-0.15, -0.1) is 0 Å². The molecule has 2 aliphatic rings. The highest BCUT2D eigenvalue weighted by molar-refractivity contribution is 5.68. The van der Waals surface area contributed by atoms with Gasteiger partial charge in [0.1, 0.15) is 6.07 Å². The summed E-state index contributed by atoms with van der Waals surface area (Å²) in [5, 5.41) is 7.26. The molecule has 4 atom stereocenters. The second-order valence-electron chi connectivity index (χ2n) is 4.89. The zero-order chi connectivity index (χ0) is 11.3. The number of hydrogen-bond acceptors (Lipinski definition) is 3. The van der Waals surface area contributed by atoms with E-state index in [9.17, 15) is 0 Å². The van der Waals surface area contributed by atoms with Crippen molar-refractivity contribution < 1.29 is 4.79 Å². The van der Waals surface area contributed by atoms with Crippen LogP contribution in [0.4, 0.5) is 0 Å². The fraction of sp³-hybridized carbons (Fsp3) is 0.833. The summed E-state index contributed by atoms with van der Waals surface area (Å²) in [4.78, 5) is 8.81. The smallest absolute Gasteiger partial charge is 0.219 e. The van der Waals surface area contributed by atoms with Crippen LogP contribution in [-0.4, -0.2) is 12.3 Å². The number of rotatable bonds is 2. The van der Waals surface area contributed by atoms with E-state index < -0.39 is 0 Å². The van der Waals surface area contributed by atoms with Crippen LogP contribution in [0.15, 0.2) is 0 Å². The van der Waals surface area contributed by atoms with Gasteiger partial charge in [-0.1, -0.05) is 6.42 Å². The summed E-state index contributed by atoms with van der Waals surface area (Å²) in [7, 11) is 0. The summed E-state index contributed by atoms with van der Waals surface area (Å²) in [6.45, 7) is 2.14. The second kappa shape index (κ2) is 5.87. The van der Waals surface area contributed by atoms with Crippen molar-refractivity contribution in [1.82, 2.24) is 0 Å². The van der Waals surface area contributed by atoms with Gasteiger partial charge in [0.15, 0.2) is 0 Å². The van der Waals surface area contributed by atoms with Crippen molar-refractivity contribution in [2.75, 3.05) is 0 Å². The summed E-state index contributed by atoms with van der Waals surface area (Å²) in [6, 6.07) is 1.68. The highest BCUT2D eigenvalue weighted by atomic mass is 16.1. The normalized spacial score (nSPS) is 33.8. The second-order valence-corrected chi connectivity index (χ2v) is 4.89. The molecular formula is C12H20N2O. The van der Waals surface area contributed by atoms with Gasteiger partial charge in [0.2, 0.25) is 6.29 Å². The molecule has 2 N–H and O–H groups in total. The predicted molar refractivity (Wildman–Crippen MR) is 58.9 cm³/mol. The first kappa shape index (κ1) is 12.2. The maximum Gasteiger partial charge on any atom is 0.219 e. The minimum absolute atomic E-state index is 0.181. The summed E-state index contributed by atoms with van der Waals surface area (Å²) in [5.74, 6) is 3.14. The minimum Gasteiger partial charge on any atom is -0.328 e. The molecule has 3 heteroatoms. The average molecular weight is 208 g/mol. The number of nitriles is 1. The Morgan fingerprint density at radius 2 is 2.20 bits per heavy atom. The lowest BCUT2D eigenvalue weighted by Gasteiger charge is -2.22. The molecule has 0 saturated heterocycles. The molecule has 2 rings (SSSR count). The van der Waals surface area contributed by atoms with E-state index in [1.165, 1.54) is 38.2 Å². The topological polar surface area (TPSA) is 66.9 Å². The number of hydrogen-bond donors (Lipinski definition) is 1. The van der Waals surface area contributed by atoms with Crippen molar-refractivity contribution in [2.24, 2.45) is 23.5 Å². The molecule has 0 aromatic heterocycles. The molecule has 2 bridgehead atoms. The number of nitrogens with two attached hydrogens (primary N) is 1. The Labute approximate surface area is 91.6 Å². The third-order valence-corrected chi connectivity index (χ3v) is 3.61. The number of nitrogens with zero attached hydrogens (tertiary/aromatic N) is 1. The van der Waals surface area contributed by atoms with Gasteiger partial charge in [0, 0.05) is 6.04 Å². The molecular weight excluding hydrogens is 188 g/mol. The molecule has 0 aliphatic heterocycles. The first-order valence-corrected chi connectivity index (χ1v) is 5.76. The molecule has 2 saturated carbocycles. The standard InChI is InChI=1S/C10H19N.C2HNO/c1-7(11)4-10-6-8-2-3-9(10)5-8;3-1-2-4/h7-10H,2-6,11H2,1H3;2H. The Kier molecular flexibility index (Phi) is 4.77. The van der Waals surface area contributed by atoms with Gasteiger partial charge in [-0.25, -0.2) is 0 Å².